The quantitative estimate of drug-likeness (QED) is 0.674. The average Bonchev–Trinajstić information content (AvgIpc) is 2.58. The molecule has 1 rings (SSSR count). The van der Waals surface area contributed by atoms with Crippen LogP contribution in [0.3, 0.4) is 0 Å². The van der Waals surface area contributed by atoms with E-state index in [1.54, 1.807) is 26.6 Å². The molecule has 0 radical (unpaired) electrons. The first-order valence-electron chi connectivity index (χ1n) is 4.94. The standard InChI is InChI=1S/C5H5.5CH3.2NO.W.H/c1-2-4-5-3-1;;;;;;2*1-2;;/h1-3H,4H2;5*1H3;;;;/q;;;;;;2*-1;+2;. The molecule has 0 N–H and O–H groups in total. The van der Waals surface area contributed by atoms with Gasteiger partial charge in [-0.05, 0) is 0 Å². The second-order valence-electron chi connectivity index (χ2n) is 9.33. The Kier molecular flexibility index (Phi) is 1.28. The van der Waals surface area contributed by atoms with Crippen LogP contribution in [0.25, 0.3) is 0 Å². The van der Waals surface area contributed by atoms with Crippen molar-refractivity contribution in [2.75, 3.05) is 0 Å². The molecule has 0 amide bonds. The average molecular weight is 385 g/mol. The number of nitroso groups, excluding NO2 is 2. The second kappa shape index (κ2) is 1.55. The van der Waals surface area contributed by atoms with Crippen molar-refractivity contribution in [2.45, 2.75) is 33.0 Å². The van der Waals surface area contributed by atoms with Gasteiger partial charge in [-0.25, -0.2) is 0 Å². The van der Waals surface area contributed by atoms with Gasteiger partial charge < -0.3 is 0 Å². The minimum atomic E-state index is -5.92. The molecule has 0 aromatic rings. The summed E-state index contributed by atoms with van der Waals surface area (Å²) in [5.41, 5.74) is 0. The van der Waals surface area contributed by atoms with Gasteiger partial charge in [0, 0.05) is 0 Å². The molecule has 1 aliphatic carbocycles. The summed E-state index contributed by atoms with van der Waals surface area (Å²) >= 11 is -5.92. The molecular formula is C10H21N2O2W. The Morgan fingerprint density at radius 3 is 1.80 bits per heavy atom. The fourth-order valence-electron chi connectivity index (χ4n) is 1.53. The first kappa shape index (κ1) is 12.4. The zero-order chi connectivity index (χ0) is 12.2. The van der Waals surface area contributed by atoms with E-state index in [0.29, 0.717) is 6.42 Å². The third-order valence-corrected chi connectivity index (χ3v) is 23.8. The normalized spacial score (nSPS) is 26.6. The van der Waals surface area contributed by atoms with Crippen LogP contribution < -0.4 is 0 Å². The van der Waals surface area contributed by atoms with E-state index in [-0.39, 0.29) is 0 Å². The summed E-state index contributed by atoms with van der Waals surface area (Å²) in [5, 5.41) is 8.36. The predicted octanol–water partition coefficient (Wildman–Crippen LogP) is 4.46. The van der Waals surface area contributed by atoms with Crippen molar-refractivity contribution < 1.29 is 11.6 Å². The van der Waals surface area contributed by atoms with E-state index in [2.05, 4.69) is 7.47 Å². The van der Waals surface area contributed by atoms with Gasteiger partial charge in [-0.2, -0.15) is 0 Å². The zero-order valence-electron chi connectivity index (χ0n) is 10.1. The molecule has 15 heavy (non-hydrogen) atoms. The van der Waals surface area contributed by atoms with Crippen molar-refractivity contribution >= 4 is 0 Å². The van der Waals surface area contributed by atoms with E-state index in [4.69, 9.17) is 0 Å². The fourth-order valence-corrected chi connectivity index (χ4v) is 10.1. The fraction of sp³-hybridized carbons (Fsp3) is 0.600. The molecule has 0 aromatic carbocycles. The molecule has 0 saturated heterocycles. The molecule has 0 unspecified atom stereocenters. The molecule has 0 heterocycles. The number of nitrogens with zero attached hydrogens (tertiary/aromatic N) is 2. The van der Waals surface area contributed by atoms with Crippen molar-refractivity contribution in [1.82, 2.24) is 0 Å². The summed E-state index contributed by atoms with van der Waals surface area (Å²) in [5.74, 6) is 0. The molecule has 5 heteroatoms. The van der Waals surface area contributed by atoms with Crippen molar-refractivity contribution in [2.24, 2.45) is 7.47 Å². The SMILES string of the molecule is [CH3][WH]([CH3])([CH3])([CH3])([CH3])([N]=O)([N]=O)[C]1=CC=CC1. The minimum absolute atomic E-state index is 0.584. The number of allylic oxidation sites excluding steroid dienone is 4. The Morgan fingerprint density at radius 1 is 1.07 bits per heavy atom. The molecule has 0 bridgehead atoms. The van der Waals surface area contributed by atoms with Crippen LogP contribution in [0.1, 0.15) is 6.42 Å². The summed E-state index contributed by atoms with van der Waals surface area (Å²) in [4.78, 5) is 23.2. The molecule has 0 aliphatic heterocycles. The van der Waals surface area contributed by atoms with E-state index >= 15 is 0 Å². The first-order chi connectivity index (χ1) is 6.20. The van der Waals surface area contributed by atoms with Crippen LogP contribution in [-0.4, -0.2) is 0 Å². The molecular weight excluding hydrogens is 364 g/mol. The third-order valence-electron chi connectivity index (χ3n) is 3.42. The molecule has 89 valence electrons. The Bertz CT molecular complexity index is 457. The monoisotopic (exact) mass is 385 g/mol. The Labute approximate surface area is 84.1 Å². The molecule has 0 saturated carbocycles. The summed E-state index contributed by atoms with van der Waals surface area (Å²) in [7, 11) is 0. The molecule has 0 atom stereocenters. The third kappa shape index (κ3) is 1.46. The molecule has 0 spiro atoms. The van der Waals surface area contributed by atoms with Crippen molar-refractivity contribution in [1.29, 1.82) is 0 Å². The van der Waals surface area contributed by atoms with Crippen LogP contribution in [0.15, 0.2) is 29.7 Å². The van der Waals surface area contributed by atoms with Gasteiger partial charge >= 0.3 is 84.0 Å². The van der Waals surface area contributed by atoms with Crippen molar-refractivity contribution in [3.8, 4) is 0 Å². The Hall–Kier alpha value is -0.632. The van der Waals surface area contributed by atoms with Gasteiger partial charge in [0.1, 0.15) is 0 Å². The van der Waals surface area contributed by atoms with Gasteiger partial charge in [0.15, 0.2) is 0 Å². The number of rotatable bonds is 3. The van der Waals surface area contributed by atoms with Gasteiger partial charge in [-0.3, -0.25) is 0 Å². The topological polar surface area (TPSA) is 58.9 Å². The predicted molar refractivity (Wildman–Crippen MR) is 64.1 cm³/mol. The van der Waals surface area contributed by atoms with Crippen LogP contribution >= 0.6 is 0 Å². The van der Waals surface area contributed by atoms with Crippen LogP contribution in [0.4, 0.5) is 0 Å². The van der Waals surface area contributed by atoms with E-state index in [0.717, 1.165) is 3.96 Å². The van der Waals surface area contributed by atoms with Gasteiger partial charge in [-0.15, -0.1) is 0 Å². The number of hydrogen-bond donors (Lipinski definition) is 0. The summed E-state index contributed by atoms with van der Waals surface area (Å²) in [6, 6.07) is 0. The van der Waals surface area contributed by atoms with E-state index < -0.39 is 11.6 Å². The van der Waals surface area contributed by atoms with Crippen LogP contribution in [0, 0.1) is 9.81 Å². The zero-order valence-corrected chi connectivity index (χ0v) is 13.3. The van der Waals surface area contributed by atoms with Gasteiger partial charge in [0.25, 0.3) is 0 Å². The van der Waals surface area contributed by atoms with Crippen LogP contribution in [-0.2, 0) is 11.6 Å². The molecule has 1 aliphatic rings. The second-order valence-corrected chi connectivity index (χ2v) is 69.2. The Balaban J connectivity index is 3.95. The molecule has 0 fully saturated rings. The van der Waals surface area contributed by atoms with Gasteiger partial charge in [-0.1, -0.05) is 0 Å². The van der Waals surface area contributed by atoms with Crippen molar-refractivity contribution in [3.05, 3.63) is 32.0 Å². The summed E-state index contributed by atoms with van der Waals surface area (Å²) in [6.07, 6.45) is 6.16. The molecule has 0 aromatic heterocycles. The molecule has 4 nitrogen and oxygen atoms in total. The van der Waals surface area contributed by atoms with Gasteiger partial charge in [0.2, 0.25) is 0 Å². The maximum atomic E-state index is 11.6. The number of hydrogen-bond acceptors (Lipinski definition) is 4. The summed E-state index contributed by atoms with van der Waals surface area (Å²) in [6.45, 7) is 0. The van der Waals surface area contributed by atoms with E-state index in [9.17, 15) is 9.81 Å². The Morgan fingerprint density at radius 2 is 1.53 bits per heavy atom. The van der Waals surface area contributed by atoms with Crippen LogP contribution in [0.2, 0.25) is 26.6 Å². The first-order valence-corrected chi connectivity index (χ1v) is 25.5. The maximum absolute atomic E-state index is 11.6. The van der Waals surface area contributed by atoms with E-state index in [1.807, 2.05) is 18.2 Å². The van der Waals surface area contributed by atoms with Gasteiger partial charge in [0.05, 0.1) is 0 Å². The van der Waals surface area contributed by atoms with Crippen LogP contribution in [0.5, 0.6) is 0 Å². The van der Waals surface area contributed by atoms with E-state index in [1.165, 1.54) is 0 Å². The van der Waals surface area contributed by atoms with Crippen molar-refractivity contribution in [3.63, 3.8) is 0 Å². The summed E-state index contributed by atoms with van der Waals surface area (Å²) < 4.78 is 7.55.